The molecule has 0 spiro atoms. The van der Waals surface area contributed by atoms with E-state index in [9.17, 15) is 4.79 Å². The molecule has 1 unspecified atom stereocenters. The van der Waals surface area contributed by atoms with Crippen LogP contribution in [0.4, 0.5) is 5.69 Å². The van der Waals surface area contributed by atoms with E-state index >= 15 is 0 Å². The Morgan fingerprint density at radius 1 is 1.26 bits per heavy atom. The maximum absolute atomic E-state index is 12.6. The lowest BCUT2D eigenvalue weighted by Crippen LogP contribution is -2.35. The van der Waals surface area contributed by atoms with Crippen LogP contribution in [0, 0.1) is 0 Å². The van der Waals surface area contributed by atoms with Crippen LogP contribution in [0.5, 0.6) is 0 Å². The molecule has 0 N–H and O–H groups in total. The molecule has 19 heavy (non-hydrogen) atoms. The molecule has 1 aliphatic heterocycles. The number of rotatable bonds is 3. The van der Waals surface area contributed by atoms with Gasteiger partial charge in [-0.05, 0) is 36.9 Å². The standard InChI is InChI=1S/C16H16BrNO/c1-3-5-10(2)18-14-7-4-6-11-13(17)9-8-12(15(11)14)16(18)19/h4,6-10H,3,5H2,1-2H3. The first-order valence-electron chi connectivity index (χ1n) is 6.70. The minimum atomic E-state index is 0.139. The van der Waals surface area contributed by atoms with E-state index in [1.54, 1.807) is 0 Å². The summed E-state index contributed by atoms with van der Waals surface area (Å²) >= 11 is 3.57. The van der Waals surface area contributed by atoms with Gasteiger partial charge in [-0.1, -0.05) is 41.4 Å². The van der Waals surface area contributed by atoms with Gasteiger partial charge in [-0.25, -0.2) is 0 Å². The van der Waals surface area contributed by atoms with Crippen LogP contribution in [-0.2, 0) is 0 Å². The Bertz CT molecular complexity index is 665. The zero-order valence-corrected chi connectivity index (χ0v) is 12.7. The second-order valence-corrected chi connectivity index (χ2v) is 5.96. The summed E-state index contributed by atoms with van der Waals surface area (Å²) in [6, 6.07) is 10.3. The first-order valence-corrected chi connectivity index (χ1v) is 7.49. The van der Waals surface area contributed by atoms with Crippen molar-refractivity contribution in [2.45, 2.75) is 32.7 Å². The molecule has 0 radical (unpaired) electrons. The smallest absolute Gasteiger partial charge is 0.259 e. The minimum absolute atomic E-state index is 0.139. The highest BCUT2D eigenvalue weighted by molar-refractivity contribution is 9.10. The monoisotopic (exact) mass is 317 g/mol. The van der Waals surface area contributed by atoms with E-state index < -0.39 is 0 Å². The van der Waals surface area contributed by atoms with E-state index in [0.717, 1.165) is 39.3 Å². The van der Waals surface area contributed by atoms with Crippen molar-refractivity contribution in [3.63, 3.8) is 0 Å². The molecule has 0 aliphatic carbocycles. The van der Waals surface area contributed by atoms with Gasteiger partial charge in [0.2, 0.25) is 0 Å². The predicted molar refractivity (Wildman–Crippen MR) is 82.8 cm³/mol. The quantitative estimate of drug-likeness (QED) is 0.799. The number of halogens is 1. The van der Waals surface area contributed by atoms with E-state index in [4.69, 9.17) is 0 Å². The molecule has 98 valence electrons. The fourth-order valence-electron chi connectivity index (χ4n) is 2.95. The number of nitrogens with zero attached hydrogens (tertiary/aromatic N) is 1. The maximum Gasteiger partial charge on any atom is 0.259 e. The van der Waals surface area contributed by atoms with E-state index in [1.807, 2.05) is 23.1 Å². The molecular weight excluding hydrogens is 302 g/mol. The summed E-state index contributed by atoms with van der Waals surface area (Å²) < 4.78 is 1.05. The number of hydrogen-bond donors (Lipinski definition) is 0. The third-order valence-electron chi connectivity index (χ3n) is 3.82. The van der Waals surface area contributed by atoms with Gasteiger partial charge in [0, 0.05) is 21.5 Å². The van der Waals surface area contributed by atoms with Crippen molar-refractivity contribution in [2.24, 2.45) is 0 Å². The summed E-state index contributed by atoms with van der Waals surface area (Å²) in [5.41, 5.74) is 1.89. The molecule has 1 aliphatic rings. The SMILES string of the molecule is CCCC(C)N1C(=O)c2ccc(Br)c3cccc1c23. The number of carbonyl (C=O) groups is 1. The van der Waals surface area contributed by atoms with E-state index in [0.29, 0.717) is 0 Å². The molecule has 0 saturated carbocycles. The Morgan fingerprint density at radius 2 is 2.05 bits per heavy atom. The molecule has 2 aromatic rings. The second-order valence-electron chi connectivity index (χ2n) is 5.11. The maximum atomic E-state index is 12.6. The number of carbonyl (C=O) groups excluding carboxylic acids is 1. The Kier molecular flexibility index (Phi) is 3.09. The van der Waals surface area contributed by atoms with E-state index in [-0.39, 0.29) is 11.9 Å². The van der Waals surface area contributed by atoms with Crippen molar-refractivity contribution >= 4 is 38.3 Å². The molecule has 2 nitrogen and oxygen atoms in total. The number of benzene rings is 2. The van der Waals surface area contributed by atoms with Crippen molar-refractivity contribution < 1.29 is 4.79 Å². The van der Waals surface area contributed by atoms with Crippen molar-refractivity contribution in [3.05, 3.63) is 40.4 Å². The van der Waals surface area contributed by atoms with Crippen LogP contribution >= 0.6 is 15.9 Å². The molecule has 3 rings (SSSR count). The third-order valence-corrected chi connectivity index (χ3v) is 4.51. The van der Waals surface area contributed by atoms with Gasteiger partial charge in [0.25, 0.3) is 5.91 Å². The fraction of sp³-hybridized carbons (Fsp3) is 0.312. The lowest BCUT2D eigenvalue weighted by atomic mass is 10.1. The van der Waals surface area contributed by atoms with Crippen molar-refractivity contribution in [2.75, 3.05) is 4.90 Å². The summed E-state index contributed by atoms with van der Waals surface area (Å²) in [7, 11) is 0. The second kappa shape index (κ2) is 4.64. The van der Waals surface area contributed by atoms with Crippen molar-refractivity contribution in [3.8, 4) is 0 Å². The minimum Gasteiger partial charge on any atom is -0.305 e. The number of hydrogen-bond acceptors (Lipinski definition) is 1. The largest absolute Gasteiger partial charge is 0.305 e. The first-order chi connectivity index (χ1) is 9.15. The molecule has 0 aromatic heterocycles. The van der Waals surface area contributed by atoms with Gasteiger partial charge < -0.3 is 4.90 Å². The summed E-state index contributed by atoms with van der Waals surface area (Å²) in [6.45, 7) is 4.28. The molecule has 0 bridgehead atoms. The highest BCUT2D eigenvalue weighted by atomic mass is 79.9. The van der Waals surface area contributed by atoms with Crippen LogP contribution in [0.3, 0.4) is 0 Å². The van der Waals surface area contributed by atoms with Gasteiger partial charge in [-0.3, -0.25) is 4.79 Å². The van der Waals surface area contributed by atoms with Crippen LogP contribution in [0.1, 0.15) is 37.0 Å². The highest BCUT2D eigenvalue weighted by Crippen LogP contribution is 2.41. The molecule has 1 amide bonds. The van der Waals surface area contributed by atoms with Gasteiger partial charge in [0.15, 0.2) is 0 Å². The number of anilines is 1. The zero-order chi connectivity index (χ0) is 13.6. The van der Waals surface area contributed by atoms with Gasteiger partial charge in [-0.15, -0.1) is 0 Å². The molecule has 1 heterocycles. The normalized spacial score (nSPS) is 15.3. The van der Waals surface area contributed by atoms with Crippen LogP contribution in [0.15, 0.2) is 34.8 Å². The number of amides is 1. The third kappa shape index (κ3) is 1.79. The Hall–Kier alpha value is -1.35. The molecule has 2 aromatic carbocycles. The molecule has 0 saturated heterocycles. The Labute approximate surface area is 121 Å². The first kappa shape index (κ1) is 12.7. The van der Waals surface area contributed by atoms with Crippen LogP contribution < -0.4 is 4.90 Å². The van der Waals surface area contributed by atoms with Crippen LogP contribution in [0.2, 0.25) is 0 Å². The van der Waals surface area contributed by atoms with Gasteiger partial charge in [-0.2, -0.15) is 0 Å². The molecular formula is C16H16BrNO. The van der Waals surface area contributed by atoms with Crippen molar-refractivity contribution in [1.82, 2.24) is 0 Å². The van der Waals surface area contributed by atoms with Crippen LogP contribution in [0.25, 0.3) is 10.8 Å². The Morgan fingerprint density at radius 3 is 2.79 bits per heavy atom. The Balaban J connectivity index is 2.23. The molecule has 0 fully saturated rings. The van der Waals surface area contributed by atoms with Gasteiger partial charge >= 0.3 is 0 Å². The molecule has 1 atom stereocenters. The lowest BCUT2D eigenvalue weighted by molar-refractivity contribution is 0.0984. The highest BCUT2D eigenvalue weighted by Gasteiger charge is 2.32. The molecule has 3 heteroatoms. The van der Waals surface area contributed by atoms with Gasteiger partial charge in [0.1, 0.15) is 0 Å². The lowest BCUT2D eigenvalue weighted by Gasteiger charge is -2.25. The summed E-state index contributed by atoms with van der Waals surface area (Å²) in [4.78, 5) is 14.6. The van der Waals surface area contributed by atoms with Crippen LogP contribution in [-0.4, -0.2) is 11.9 Å². The average molecular weight is 318 g/mol. The summed E-state index contributed by atoms with van der Waals surface area (Å²) in [6.07, 6.45) is 2.11. The zero-order valence-electron chi connectivity index (χ0n) is 11.1. The predicted octanol–water partition coefficient (Wildman–Crippen LogP) is 4.75. The van der Waals surface area contributed by atoms with Gasteiger partial charge in [0.05, 0.1) is 5.69 Å². The summed E-state index contributed by atoms with van der Waals surface area (Å²) in [5.74, 6) is 0.139. The topological polar surface area (TPSA) is 20.3 Å². The average Bonchev–Trinajstić information content (AvgIpc) is 2.68. The fourth-order valence-corrected chi connectivity index (χ4v) is 3.42. The van der Waals surface area contributed by atoms with Crippen molar-refractivity contribution in [1.29, 1.82) is 0 Å². The summed E-state index contributed by atoms with van der Waals surface area (Å²) in [5, 5.41) is 2.21. The van der Waals surface area contributed by atoms with E-state index in [1.165, 1.54) is 0 Å². The van der Waals surface area contributed by atoms with E-state index in [2.05, 4.69) is 41.9 Å².